The maximum atomic E-state index is 10.6. The van der Waals surface area contributed by atoms with E-state index in [0.29, 0.717) is 6.04 Å². The second-order valence-electron chi connectivity index (χ2n) is 4.47. The lowest BCUT2D eigenvalue weighted by Crippen LogP contribution is -2.39. The highest BCUT2D eigenvalue weighted by Gasteiger charge is 2.35. The molecule has 0 amide bonds. The van der Waals surface area contributed by atoms with Crippen LogP contribution in [0.15, 0.2) is 12.1 Å². The van der Waals surface area contributed by atoms with E-state index >= 15 is 0 Å². The molecule has 0 spiro atoms. The van der Waals surface area contributed by atoms with E-state index in [0.717, 1.165) is 41.4 Å². The number of thiophene rings is 1. The summed E-state index contributed by atoms with van der Waals surface area (Å²) in [6, 6.07) is 4.40. The summed E-state index contributed by atoms with van der Waals surface area (Å²) in [5.74, 6) is 0. The standard InChI is InChI=1S/C12H18ClNOS/c1-2-14-9-5-7-12(15,8-6-9)10-3-4-11(13)16-10/h3-4,9,14-15H,2,5-8H2,1H3. The van der Waals surface area contributed by atoms with Gasteiger partial charge in [-0.2, -0.15) is 0 Å². The van der Waals surface area contributed by atoms with Crippen molar-refractivity contribution in [3.63, 3.8) is 0 Å². The summed E-state index contributed by atoms with van der Waals surface area (Å²) in [6.45, 7) is 3.13. The van der Waals surface area contributed by atoms with Gasteiger partial charge in [-0.15, -0.1) is 11.3 Å². The Morgan fingerprint density at radius 2 is 2.19 bits per heavy atom. The quantitative estimate of drug-likeness (QED) is 0.874. The lowest BCUT2D eigenvalue weighted by atomic mass is 9.81. The highest BCUT2D eigenvalue weighted by Crippen LogP contribution is 2.41. The Balaban J connectivity index is 2.01. The first kappa shape index (κ1) is 12.4. The van der Waals surface area contributed by atoms with Gasteiger partial charge in [0.25, 0.3) is 0 Å². The average Bonchev–Trinajstić information content (AvgIpc) is 2.70. The van der Waals surface area contributed by atoms with Gasteiger partial charge in [-0.05, 0) is 44.4 Å². The van der Waals surface area contributed by atoms with Crippen LogP contribution in [0.5, 0.6) is 0 Å². The molecule has 1 aliphatic carbocycles. The molecular formula is C12H18ClNOS. The number of hydrogen-bond donors (Lipinski definition) is 2. The molecule has 90 valence electrons. The van der Waals surface area contributed by atoms with Crippen LogP contribution in [-0.4, -0.2) is 17.7 Å². The second-order valence-corrected chi connectivity index (χ2v) is 6.18. The summed E-state index contributed by atoms with van der Waals surface area (Å²) in [5, 5.41) is 14.0. The van der Waals surface area contributed by atoms with Crippen LogP contribution in [0.25, 0.3) is 0 Å². The Morgan fingerprint density at radius 1 is 1.50 bits per heavy atom. The topological polar surface area (TPSA) is 32.3 Å². The van der Waals surface area contributed by atoms with Crippen LogP contribution in [0, 0.1) is 0 Å². The Bertz CT molecular complexity index is 345. The molecule has 1 aromatic heterocycles. The van der Waals surface area contributed by atoms with Crippen LogP contribution in [0.2, 0.25) is 4.34 Å². The summed E-state index contributed by atoms with van der Waals surface area (Å²) in [6.07, 6.45) is 3.75. The monoisotopic (exact) mass is 259 g/mol. The molecule has 2 nitrogen and oxygen atoms in total. The fourth-order valence-electron chi connectivity index (χ4n) is 2.40. The molecule has 0 unspecified atom stereocenters. The minimum Gasteiger partial charge on any atom is -0.384 e. The van der Waals surface area contributed by atoms with E-state index in [1.807, 2.05) is 12.1 Å². The highest BCUT2D eigenvalue weighted by atomic mass is 35.5. The largest absolute Gasteiger partial charge is 0.384 e. The molecule has 0 radical (unpaired) electrons. The molecule has 1 aliphatic rings. The van der Waals surface area contributed by atoms with Crippen molar-refractivity contribution in [1.82, 2.24) is 5.32 Å². The van der Waals surface area contributed by atoms with E-state index in [2.05, 4.69) is 12.2 Å². The summed E-state index contributed by atoms with van der Waals surface area (Å²) in [7, 11) is 0. The van der Waals surface area contributed by atoms with Crippen LogP contribution < -0.4 is 5.32 Å². The first-order chi connectivity index (χ1) is 7.64. The minimum absolute atomic E-state index is 0.570. The third-order valence-corrected chi connectivity index (χ3v) is 4.76. The van der Waals surface area contributed by atoms with Crippen molar-refractivity contribution < 1.29 is 5.11 Å². The third kappa shape index (κ3) is 2.59. The molecule has 0 aliphatic heterocycles. The zero-order chi connectivity index (χ0) is 11.6. The smallest absolute Gasteiger partial charge is 0.0989 e. The molecule has 4 heteroatoms. The molecular weight excluding hydrogens is 242 g/mol. The first-order valence-corrected chi connectivity index (χ1v) is 7.05. The van der Waals surface area contributed by atoms with Crippen LogP contribution in [-0.2, 0) is 5.60 Å². The Morgan fingerprint density at radius 3 is 2.69 bits per heavy atom. The van der Waals surface area contributed by atoms with E-state index in [9.17, 15) is 5.11 Å². The lowest BCUT2D eigenvalue weighted by molar-refractivity contribution is -0.00482. The van der Waals surface area contributed by atoms with E-state index in [1.165, 1.54) is 11.3 Å². The summed E-state index contributed by atoms with van der Waals surface area (Å²) < 4.78 is 0.761. The van der Waals surface area contributed by atoms with Gasteiger partial charge in [-0.1, -0.05) is 18.5 Å². The molecule has 1 heterocycles. The van der Waals surface area contributed by atoms with Gasteiger partial charge in [0.15, 0.2) is 0 Å². The van der Waals surface area contributed by atoms with Crippen LogP contribution in [0.3, 0.4) is 0 Å². The summed E-state index contributed by atoms with van der Waals surface area (Å²) in [4.78, 5) is 1.02. The lowest BCUT2D eigenvalue weighted by Gasteiger charge is -2.35. The zero-order valence-electron chi connectivity index (χ0n) is 9.50. The molecule has 1 saturated carbocycles. The fourth-order valence-corrected chi connectivity index (χ4v) is 3.59. The normalized spacial score (nSPS) is 30.6. The molecule has 2 N–H and O–H groups in total. The first-order valence-electron chi connectivity index (χ1n) is 5.85. The van der Waals surface area contributed by atoms with Crippen molar-refractivity contribution in [2.24, 2.45) is 0 Å². The van der Waals surface area contributed by atoms with Crippen LogP contribution >= 0.6 is 22.9 Å². The molecule has 1 aromatic rings. The Labute approximate surface area is 106 Å². The van der Waals surface area contributed by atoms with Crippen molar-refractivity contribution in [1.29, 1.82) is 0 Å². The minimum atomic E-state index is -0.635. The predicted molar refractivity (Wildman–Crippen MR) is 69.2 cm³/mol. The molecule has 1 fully saturated rings. The van der Waals surface area contributed by atoms with E-state index in [4.69, 9.17) is 11.6 Å². The fraction of sp³-hybridized carbons (Fsp3) is 0.667. The van der Waals surface area contributed by atoms with Gasteiger partial charge in [0.05, 0.1) is 9.94 Å². The van der Waals surface area contributed by atoms with Gasteiger partial charge in [-0.25, -0.2) is 0 Å². The average molecular weight is 260 g/mol. The van der Waals surface area contributed by atoms with Crippen molar-refractivity contribution in [3.05, 3.63) is 21.3 Å². The molecule has 16 heavy (non-hydrogen) atoms. The number of hydrogen-bond acceptors (Lipinski definition) is 3. The number of rotatable bonds is 3. The van der Waals surface area contributed by atoms with Gasteiger partial charge in [0.1, 0.15) is 0 Å². The van der Waals surface area contributed by atoms with E-state index in [1.54, 1.807) is 0 Å². The zero-order valence-corrected chi connectivity index (χ0v) is 11.1. The summed E-state index contributed by atoms with van der Waals surface area (Å²) >= 11 is 7.42. The van der Waals surface area contributed by atoms with Gasteiger partial charge in [0.2, 0.25) is 0 Å². The third-order valence-electron chi connectivity index (χ3n) is 3.34. The number of aliphatic hydroxyl groups is 1. The van der Waals surface area contributed by atoms with Gasteiger partial charge < -0.3 is 10.4 Å². The van der Waals surface area contributed by atoms with E-state index < -0.39 is 5.60 Å². The SMILES string of the molecule is CCNC1CCC(O)(c2ccc(Cl)s2)CC1. The second kappa shape index (κ2) is 5.05. The molecule has 2 rings (SSSR count). The van der Waals surface area contributed by atoms with Gasteiger partial charge in [-0.3, -0.25) is 0 Å². The number of halogens is 1. The Hall–Kier alpha value is -0.0900. The molecule has 0 aromatic carbocycles. The van der Waals surface area contributed by atoms with Crippen molar-refractivity contribution >= 4 is 22.9 Å². The molecule has 0 atom stereocenters. The maximum Gasteiger partial charge on any atom is 0.0989 e. The van der Waals surface area contributed by atoms with Crippen molar-refractivity contribution in [2.45, 2.75) is 44.2 Å². The molecule has 0 bridgehead atoms. The maximum absolute atomic E-state index is 10.6. The van der Waals surface area contributed by atoms with Crippen LogP contribution in [0.1, 0.15) is 37.5 Å². The van der Waals surface area contributed by atoms with Gasteiger partial charge >= 0.3 is 0 Å². The highest BCUT2D eigenvalue weighted by molar-refractivity contribution is 7.16. The van der Waals surface area contributed by atoms with Crippen molar-refractivity contribution in [2.75, 3.05) is 6.54 Å². The predicted octanol–water partition coefficient (Wildman–Crippen LogP) is 3.14. The Kier molecular flexibility index (Phi) is 3.90. The number of nitrogens with one attached hydrogen (secondary N) is 1. The van der Waals surface area contributed by atoms with Gasteiger partial charge in [0, 0.05) is 10.9 Å². The summed E-state index contributed by atoms with van der Waals surface area (Å²) in [5.41, 5.74) is -0.635. The van der Waals surface area contributed by atoms with E-state index in [-0.39, 0.29) is 0 Å². The molecule has 0 saturated heterocycles. The van der Waals surface area contributed by atoms with Crippen LogP contribution in [0.4, 0.5) is 0 Å². The van der Waals surface area contributed by atoms with Crippen molar-refractivity contribution in [3.8, 4) is 0 Å².